The topological polar surface area (TPSA) is 77.7 Å². The molecule has 0 spiro atoms. The molecule has 0 fully saturated rings. The fourth-order valence-electron chi connectivity index (χ4n) is 2.88. The molecule has 0 N–H and O–H groups in total. The number of carbonyl (C=O) groups excluding carboxylic acids is 1. The summed E-state index contributed by atoms with van der Waals surface area (Å²) >= 11 is 1.37. The van der Waals surface area contributed by atoms with E-state index in [1.54, 1.807) is 4.57 Å². The molecule has 0 saturated heterocycles. The number of fused-ring (bicyclic) bond motifs is 1. The molecular formula is C20H21FN2O4S2. The number of amides is 1. The average molecular weight is 437 g/mol. The zero-order chi connectivity index (χ0) is 21.0. The number of halogens is 1. The normalized spacial score (nSPS) is 12.4. The Kier molecular flexibility index (Phi) is 6.49. The summed E-state index contributed by atoms with van der Waals surface area (Å²) in [5.41, 5.74) is 0.866. The SMILES string of the molecule is CCOc1cccc2sc(=NC(=O)CCCS(=O)(=O)c3ccc(F)cc3)n(C)c12. The molecule has 154 valence electrons. The number of sulfone groups is 1. The van der Waals surface area contributed by atoms with Crippen molar-refractivity contribution in [2.45, 2.75) is 24.7 Å². The van der Waals surface area contributed by atoms with Gasteiger partial charge in [-0.15, -0.1) is 0 Å². The monoisotopic (exact) mass is 436 g/mol. The minimum Gasteiger partial charge on any atom is -0.492 e. The Hall–Kier alpha value is -2.52. The summed E-state index contributed by atoms with van der Waals surface area (Å²) in [5, 5.41) is 0. The Morgan fingerprint density at radius 3 is 2.62 bits per heavy atom. The van der Waals surface area contributed by atoms with Gasteiger partial charge in [-0.25, -0.2) is 12.8 Å². The average Bonchev–Trinajstić information content (AvgIpc) is 2.98. The van der Waals surface area contributed by atoms with Crippen molar-refractivity contribution in [3.05, 3.63) is 53.1 Å². The zero-order valence-electron chi connectivity index (χ0n) is 16.1. The van der Waals surface area contributed by atoms with Crippen molar-refractivity contribution in [1.82, 2.24) is 4.57 Å². The van der Waals surface area contributed by atoms with Crippen molar-refractivity contribution in [3.63, 3.8) is 0 Å². The number of hydrogen-bond acceptors (Lipinski definition) is 5. The van der Waals surface area contributed by atoms with Crippen LogP contribution >= 0.6 is 11.3 Å². The van der Waals surface area contributed by atoms with Gasteiger partial charge >= 0.3 is 0 Å². The van der Waals surface area contributed by atoms with E-state index in [4.69, 9.17) is 4.74 Å². The quantitative estimate of drug-likeness (QED) is 0.532. The molecule has 6 nitrogen and oxygen atoms in total. The number of rotatable bonds is 7. The minimum absolute atomic E-state index is 0.00693. The summed E-state index contributed by atoms with van der Waals surface area (Å²) in [7, 11) is -1.75. The van der Waals surface area contributed by atoms with Gasteiger partial charge in [0.25, 0.3) is 0 Å². The van der Waals surface area contributed by atoms with Gasteiger partial charge in [-0.3, -0.25) is 4.79 Å². The fourth-order valence-corrected chi connectivity index (χ4v) is 5.25. The summed E-state index contributed by atoms with van der Waals surface area (Å²) in [5.74, 6) is -0.364. The van der Waals surface area contributed by atoms with E-state index in [0.717, 1.165) is 28.1 Å². The predicted octanol–water partition coefficient (Wildman–Crippen LogP) is 3.46. The van der Waals surface area contributed by atoms with Gasteiger partial charge in [0.1, 0.15) is 17.1 Å². The fraction of sp³-hybridized carbons (Fsp3) is 0.300. The molecule has 0 aliphatic rings. The lowest BCUT2D eigenvalue weighted by atomic mass is 10.3. The Balaban J connectivity index is 1.72. The van der Waals surface area contributed by atoms with Crippen molar-refractivity contribution in [1.29, 1.82) is 0 Å². The van der Waals surface area contributed by atoms with E-state index < -0.39 is 15.7 Å². The molecule has 2 aromatic carbocycles. The molecule has 1 amide bonds. The summed E-state index contributed by atoms with van der Waals surface area (Å²) in [6.07, 6.45) is 0.147. The number of hydrogen-bond donors (Lipinski definition) is 0. The highest BCUT2D eigenvalue weighted by Gasteiger charge is 2.15. The lowest BCUT2D eigenvalue weighted by Crippen LogP contribution is -2.14. The molecule has 0 saturated carbocycles. The summed E-state index contributed by atoms with van der Waals surface area (Å²) in [4.78, 5) is 17.0. The number of carbonyl (C=O) groups is 1. The van der Waals surface area contributed by atoms with Gasteiger partial charge in [-0.2, -0.15) is 4.99 Å². The third-order valence-corrected chi connectivity index (χ3v) is 7.20. The Labute approximate surface area is 172 Å². The molecule has 0 bridgehead atoms. The Bertz CT molecular complexity index is 1200. The first-order valence-electron chi connectivity index (χ1n) is 9.09. The number of aryl methyl sites for hydroxylation is 1. The number of nitrogens with zero attached hydrogens (tertiary/aromatic N) is 2. The lowest BCUT2D eigenvalue weighted by molar-refractivity contribution is -0.118. The highest BCUT2D eigenvalue weighted by atomic mass is 32.2. The van der Waals surface area contributed by atoms with E-state index in [2.05, 4.69) is 4.99 Å². The van der Waals surface area contributed by atoms with E-state index in [9.17, 15) is 17.6 Å². The molecule has 9 heteroatoms. The van der Waals surface area contributed by atoms with Crippen LogP contribution < -0.4 is 9.54 Å². The van der Waals surface area contributed by atoms with E-state index >= 15 is 0 Å². The summed E-state index contributed by atoms with van der Waals surface area (Å²) < 4.78 is 45.9. The predicted molar refractivity (Wildman–Crippen MR) is 110 cm³/mol. The van der Waals surface area contributed by atoms with E-state index in [1.165, 1.54) is 23.5 Å². The van der Waals surface area contributed by atoms with E-state index in [-0.39, 0.29) is 29.4 Å². The van der Waals surface area contributed by atoms with Crippen molar-refractivity contribution in [2.24, 2.45) is 12.0 Å². The van der Waals surface area contributed by atoms with Crippen LogP contribution in [0.4, 0.5) is 4.39 Å². The van der Waals surface area contributed by atoms with Crippen LogP contribution in [0.5, 0.6) is 5.75 Å². The van der Waals surface area contributed by atoms with Gasteiger partial charge < -0.3 is 9.30 Å². The molecule has 3 rings (SSSR count). The van der Waals surface area contributed by atoms with Crippen LogP contribution in [0.2, 0.25) is 0 Å². The standard InChI is InChI=1S/C20H21FN2O4S2/c1-3-27-16-6-4-7-17-19(16)23(2)20(28-17)22-18(24)8-5-13-29(25,26)15-11-9-14(21)10-12-15/h4,6-7,9-12H,3,5,8,13H2,1-2H3. The first-order valence-corrected chi connectivity index (χ1v) is 11.6. The van der Waals surface area contributed by atoms with Crippen LogP contribution in [0, 0.1) is 5.82 Å². The Morgan fingerprint density at radius 1 is 1.21 bits per heavy atom. The first kappa shape index (κ1) is 21.2. The lowest BCUT2D eigenvalue weighted by Gasteiger charge is -2.05. The maximum atomic E-state index is 13.0. The van der Waals surface area contributed by atoms with Crippen LogP contribution in [-0.4, -0.2) is 31.3 Å². The van der Waals surface area contributed by atoms with Crippen LogP contribution in [0.15, 0.2) is 52.4 Å². The van der Waals surface area contributed by atoms with Crippen molar-refractivity contribution in [3.8, 4) is 5.75 Å². The molecule has 3 aromatic rings. The van der Waals surface area contributed by atoms with Crippen LogP contribution in [0.1, 0.15) is 19.8 Å². The molecule has 29 heavy (non-hydrogen) atoms. The van der Waals surface area contributed by atoms with Gasteiger partial charge in [-0.05, 0) is 49.7 Å². The highest BCUT2D eigenvalue weighted by molar-refractivity contribution is 7.91. The van der Waals surface area contributed by atoms with Gasteiger partial charge in [0.2, 0.25) is 5.91 Å². The second-order valence-corrected chi connectivity index (χ2v) is 9.48. The molecule has 0 radical (unpaired) electrons. The first-order chi connectivity index (χ1) is 13.8. The van der Waals surface area contributed by atoms with Crippen LogP contribution in [0.25, 0.3) is 10.2 Å². The second kappa shape index (κ2) is 8.87. The number of para-hydroxylation sites is 1. The second-order valence-electron chi connectivity index (χ2n) is 6.36. The number of benzene rings is 2. The van der Waals surface area contributed by atoms with Gasteiger partial charge in [0, 0.05) is 13.5 Å². The molecule has 0 atom stereocenters. The van der Waals surface area contributed by atoms with Crippen molar-refractivity contribution in [2.75, 3.05) is 12.4 Å². The maximum absolute atomic E-state index is 13.0. The number of aromatic nitrogens is 1. The summed E-state index contributed by atoms with van der Waals surface area (Å²) in [6.45, 7) is 2.43. The van der Waals surface area contributed by atoms with Crippen LogP contribution in [0.3, 0.4) is 0 Å². The third-order valence-electron chi connectivity index (χ3n) is 4.28. The third kappa shape index (κ3) is 4.91. The highest BCUT2D eigenvalue weighted by Crippen LogP contribution is 2.26. The number of thiazole rings is 1. The molecule has 0 unspecified atom stereocenters. The number of ether oxygens (including phenoxy) is 1. The largest absolute Gasteiger partial charge is 0.492 e. The van der Waals surface area contributed by atoms with Crippen LogP contribution in [-0.2, 0) is 21.7 Å². The van der Waals surface area contributed by atoms with Crippen molar-refractivity contribution < 1.29 is 22.3 Å². The Morgan fingerprint density at radius 2 is 1.93 bits per heavy atom. The smallest absolute Gasteiger partial charge is 0.248 e. The van der Waals surface area contributed by atoms with E-state index in [1.807, 2.05) is 32.2 Å². The molecular weight excluding hydrogens is 415 g/mol. The van der Waals surface area contributed by atoms with Gasteiger partial charge in [-0.1, -0.05) is 17.4 Å². The van der Waals surface area contributed by atoms with Crippen molar-refractivity contribution >= 4 is 37.3 Å². The molecule has 0 aliphatic heterocycles. The summed E-state index contributed by atoms with van der Waals surface area (Å²) in [6, 6.07) is 10.3. The minimum atomic E-state index is -3.57. The maximum Gasteiger partial charge on any atom is 0.248 e. The van der Waals surface area contributed by atoms with E-state index in [0.29, 0.717) is 11.4 Å². The zero-order valence-corrected chi connectivity index (χ0v) is 17.7. The molecule has 0 aliphatic carbocycles. The molecule has 1 aromatic heterocycles. The van der Waals surface area contributed by atoms with Gasteiger partial charge in [0.05, 0.1) is 22.0 Å². The molecule has 1 heterocycles. The van der Waals surface area contributed by atoms with Gasteiger partial charge in [0.15, 0.2) is 14.6 Å².